The van der Waals surface area contributed by atoms with Crippen molar-refractivity contribution in [1.29, 1.82) is 0 Å². The molecule has 0 bridgehead atoms. The van der Waals surface area contributed by atoms with Gasteiger partial charge < -0.3 is 36.7 Å². The van der Waals surface area contributed by atoms with Crippen molar-refractivity contribution >= 4 is 58.6 Å². The van der Waals surface area contributed by atoms with E-state index >= 15 is 4.39 Å². The second-order valence-electron chi connectivity index (χ2n) is 15.8. The number of hydrogen-bond donors (Lipinski definition) is 5. The summed E-state index contributed by atoms with van der Waals surface area (Å²) >= 11 is 1.01. The fourth-order valence-corrected chi connectivity index (χ4v) is 7.99. The number of anilines is 2. The highest BCUT2D eigenvalue weighted by Crippen LogP contribution is 2.40. The number of carbonyl (C=O) groups excluding carboxylic acids is 5. The molecule has 18 heteroatoms. The number of carboxylic acids is 1. The van der Waals surface area contributed by atoms with Crippen LogP contribution in [0.1, 0.15) is 64.4 Å². The predicted octanol–water partition coefficient (Wildman–Crippen LogP) is 4.45. The molecule has 5 rings (SSSR count). The highest BCUT2D eigenvalue weighted by Gasteiger charge is 2.41. The second kappa shape index (κ2) is 20.1. The summed E-state index contributed by atoms with van der Waals surface area (Å²) in [5, 5.41) is 13.6. The smallest absolute Gasteiger partial charge is 0.321 e. The van der Waals surface area contributed by atoms with Crippen LogP contribution in [0, 0.1) is 17.0 Å². The number of imidazole rings is 1. The number of nitrogens with two attached hydrogens (primary N) is 2. The van der Waals surface area contributed by atoms with Crippen molar-refractivity contribution in [3.05, 3.63) is 102 Å². The molecule has 0 saturated carbocycles. The van der Waals surface area contributed by atoms with E-state index in [2.05, 4.69) is 10.6 Å². The van der Waals surface area contributed by atoms with Crippen LogP contribution in [0.3, 0.4) is 0 Å². The summed E-state index contributed by atoms with van der Waals surface area (Å²) in [7, 11) is 0. The lowest BCUT2D eigenvalue weighted by molar-refractivity contribution is -0.138. The van der Waals surface area contributed by atoms with Crippen LogP contribution in [0.25, 0.3) is 11.3 Å². The molecule has 4 atom stereocenters. The van der Waals surface area contributed by atoms with Crippen molar-refractivity contribution in [1.82, 2.24) is 19.8 Å². The van der Waals surface area contributed by atoms with E-state index in [1.54, 1.807) is 11.1 Å². The number of nitrogens with one attached hydrogen (secondary N) is 2. The standard InChI is InChI=1S/C43H50F2N8O7S/c1-25(54)52(38(43(2,3)4)39-50-34(30-20-27(44)10-15-31(30)45)23-51(39)22-26-8-6-5-7-9-26)19-17-32(46)40(57)48-18-16-36(55)49-28-11-13-29(14-12-28)53-37(56)21-35(41(53)58)61-24-33(47)42(59)60/h5-15,20,23,32-33,35,38H,16-19,21-22,24,46-47H2,1-4H3,(H,48,57)(H,49,55)(H,59,60)/t32-,33-,35?,38-/m0/s1. The first-order chi connectivity index (χ1) is 28.8. The monoisotopic (exact) mass is 860 g/mol. The zero-order valence-corrected chi connectivity index (χ0v) is 35.1. The van der Waals surface area contributed by atoms with Crippen molar-refractivity contribution in [2.24, 2.45) is 16.9 Å². The minimum Gasteiger partial charge on any atom is -0.480 e. The molecule has 2 heterocycles. The average Bonchev–Trinajstić information content (AvgIpc) is 3.73. The first-order valence-corrected chi connectivity index (χ1v) is 20.6. The third-order valence-corrected chi connectivity index (χ3v) is 11.3. The summed E-state index contributed by atoms with van der Waals surface area (Å²) in [5.74, 6) is -4.29. The van der Waals surface area contributed by atoms with Gasteiger partial charge in [0.2, 0.25) is 29.5 Å². The highest BCUT2D eigenvalue weighted by atomic mass is 32.2. The van der Waals surface area contributed by atoms with Gasteiger partial charge in [-0.15, -0.1) is 11.8 Å². The number of thioether (sulfide) groups is 1. The Morgan fingerprint density at radius 3 is 2.33 bits per heavy atom. The lowest BCUT2D eigenvalue weighted by atomic mass is 9.84. The zero-order valence-electron chi connectivity index (χ0n) is 34.3. The quantitative estimate of drug-likeness (QED) is 0.0880. The topological polar surface area (TPSA) is 223 Å². The minimum absolute atomic E-state index is 0.0267. The molecule has 324 valence electrons. The van der Waals surface area contributed by atoms with Crippen LogP contribution >= 0.6 is 11.8 Å². The molecular formula is C43H50F2N8O7S. The van der Waals surface area contributed by atoms with Crippen LogP contribution < -0.4 is 27.0 Å². The molecule has 1 fully saturated rings. The van der Waals surface area contributed by atoms with Gasteiger partial charge in [-0.1, -0.05) is 51.1 Å². The van der Waals surface area contributed by atoms with Gasteiger partial charge in [-0.25, -0.2) is 18.7 Å². The van der Waals surface area contributed by atoms with Gasteiger partial charge in [-0.2, -0.15) is 0 Å². The number of imide groups is 1. The molecule has 15 nitrogen and oxygen atoms in total. The largest absolute Gasteiger partial charge is 0.480 e. The number of carboxylic acid groups (broad SMARTS) is 1. The van der Waals surface area contributed by atoms with Crippen LogP contribution in [0.2, 0.25) is 0 Å². The number of carbonyl (C=O) groups is 6. The maximum Gasteiger partial charge on any atom is 0.321 e. The van der Waals surface area contributed by atoms with E-state index in [0.717, 1.165) is 40.4 Å². The number of benzene rings is 3. The Morgan fingerprint density at radius 1 is 1.00 bits per heavy atom. The predicted molar refractivity (Wildman–Crippen MR) is 227 cm³/mol. The van der Waals surface area contributed by atoms with Crippen molar-refractivity contribution in [2.75, 3.05) is 29.1 Å². The molecule has 5 amide bonds. The molecule has 1 aromatic heterocycles. The Balaban J connectivity index is 1.18. The summed E-state index contributed by atoms with van der Waals surface area (Å²) in [5.41, 5.74) is 12.9. The third kappa shape index (κ3) is 11.9. The Bertz CT molecular complexity index is 2250. The summed E-state index contributed by atoms with van der Waals surface area (Å²) < 4.78 is 31.1. The Hall–Kier alpha value is -5.98. The number of nitrogens with zero attached hydrogens (tertiary/aromatic N) is 4. The van der Waals surface area contributed by atoms with Crippen molar-refractivity contribution < 1.29 is 42.7 Å². The fourth-order valence-electron chi connectivity index (χ4n) is 6.89. The maximum atomic E-state index is 15.0. The number of aliphatic carboxylic acids is 1. The Kier molecular flexibility index (Phi) is 15.2. The van der Waals surface area contributed by atoms with Gasteiger partial charge in [0.25, 0.3) is 0 Å². The van der Waals surface area contributed by atoms with E-state index in [9.17, 15) is 33.2 Å². The van der Waals surface area contributed by atoms with Gasteiger partial charge in [0.15, 0.2) is 0 Å². The lowest BCUT2D eigenvalue weighted by Crippen LogP contribution is -2.46. The Labute approximate surface area is 356 Å². The second-order valence-corrected chi connectivity index (χ2v) is 17.0. The van der Waals surface area contributed by atoms with E-state index in [1.807, 2.05) is 55.7 Å². The number of halogens is 2. The first kappa shape index (κ1) is 46.1. The molecule has 7 N–H and O–H groups in total. The van der Waals surface area contributed by atoms with E-state index < -0.39 is 70.0 Å². The molecule has 1 unspecified atom stereocenters. The van der Waals surface area contributed by atoms with Gasteiger partial charge in [0.05, 0.1) is 28.7 Å². The first-order valence-electron chi connectivity index (χ1n) is 19.6. The van der Waals surface area contributed by atoms with Crippen molar-refractivity contribution in [3.8, 4) is 11.3 Å². The molecule has 4 aromatic rings. The maximum absolute atomic E-state index is 15.0. The van der Waals surface area contributed by atoms with Crippen LogP contribution in [0.15, 0.2) is 79.0 Å². The minimum atomic E-state index is -1.20. The highest BCUT2D eigenvalue weighted by molar-refractivity contribution is 8.00. The normalized spacial score (nSPS) is 15.6. The number of aromatic nitrogens is 2. The molecule has 61 heavy (non-hydrogen) atoms. The molecule has 0 spiro atoms. The number of hydrogen-bond acceptors (Lipinski definition) is 10. The molecule has 0 aliphatic carbocycles. The third-order valence-electron chi connectivity index (χ3n) is 9.97. The molecular weight excluding hydrogens is 811 g/mol. The summed E-state index contributed by atoms with van der Waals surface area (Å²) in [4.78, 5) is 83.1. The molecule has 3 aromatic carbocycles. The van der Waals surface area contributed by atoms with E-state index in [-0.39, 0.29) is 55.3 Å². The van der Waals surface area contributed by atoms with E-state index in [0.29, 0.717) is 23.7 Å². The van der Waals surface area contributed by atoms with Crippen molar-refractivity contribution in [2.45, 2.75) is 76.9 Å². The van der Waals surface area contributed by atoms with Crippen LogP contribution in [-0.2, 0) is 35.3 Å². The molecule has 1 aliphatic rings. The lowest BCUT2D eigenvalue weighted by Gasteiger charge is -2.40. The van der Waals surface area contributed by atoms with Gasteiger partial charge in [-0.05, 0) is 59.9 Å². The molecule has 1 saturated heterocycles. The van der Waals surface area contributed by atoms with Gasteiger partial charge in [0, 0.05) is 62.6 Å². The SMILES string of the molecule is CC(=O)N(CC[C@H](N)C(=O)NCCC(=O)Nc1ccc(N2C(=O)CC(SC[C@H](N)C(=O)O)C2=O)cc1)[C@@H](c1nc(-c2cc(F)ccc2F)cn1Cc1ccccc1)C(C)(C)C. The Morgan fingerprint density at radius 2 is 1.69 bits per heavy atom. The summed E-state index contributed by atoms with van der Waals surface area (Å²) in [6, 6.07) is 15.8. The van der Waals surface area contributed by atoms with Crippen LogP contribution in [-0.4, -0.2) is 91.2 Å². The fraction of sp³-hybridized carbons (Fsp3) is 0.372. The summed E-state index contributed by atoms with van der Waals surface area (Å²) in [6.07, 6.45) is 1.49. The van der Waals surface area contributed by atoms with Gasteiger partial charge >= 0.3 is 5.97 Å². The van der Waals surface area contributed by atoms with Crippen LogP contribution in [0.5, 0.6) is 0 Å². The molecule has 1 aliphatic heterocycles. The molecule has 0 radical (unpaired) electrons. The zero-order chi connectivity index (χ0) is 44.6. The summed E-state index contributed by atoms with van der Waals surface area (Å²) in [6.45, 7) is 7.52. The van der Waals surface area contributed by atoms with E-state index in [4.69, 9.17) is 21.6 Å². The van der Waals surface area contributed by atoms with Gasteiger partial charge in [-0.3, -0.25) is 28.8 Å². The number of amides is 5. The van der Waals surface area contributed by atoms with Crippen LogP contribution in [0.4, 0.5) is 20.2 Å². The average molecular weight is 861 g/mol. The number of rotatable bonds is 18. The van der Waals surface area contributed by atoms with Crippen molar-refractivity contribution in [3.63, 3.8) is 0 Å². The van der Waals surface area contributed by atoms with E-state index in [1.165, 1.54) is 31.2 Å². The van der Waals surface area contributed by atoms with Gasteiger partial charge in [0.1, 0.15) is 23.5 Å².